The largest absolute Gasteiger partial charge is 0.396 e. The third-order valence-corrected chi connectivity index (χ3v) is 7.89. The van der Waals surface area contributed by atoms with Crippen molar-refractivity contribution in [1.82, 2.24) is 19.8 Å². The molecule has 4 atom stereocenters. The molecular formula is C25H30N4O3. The minimum atomic E-state index is -0.331. The number of hydrogen-bond acceptors (Lipinski definition) is 5. The highest BCUT2D eigenvalue weighted by Gasteiger charge is 2.56. The molecule has 4 aliphatic rings. The fraction of sp³-hybridized carbons (Fsp3) is 0.560. The van der Waals surface area contributed by atoms with Gasteiger partial charge in [-0.3, -0.25) is 19.5 Å². The molecule has 0 unspecified atom stereocenters. The Balaban J connectivity index is 1.41. The van der Waals surface area contributed by atoms with Gasteiger partial charge in [0.15, 0.2) is 0 Å². The van der Waals surface area contributed by atoms with Crippen molar-refractivity contribution in [3.8, 4) is 11.1 Å². The molecule has 6 rings (SSSR count). The molecule has 3 fully saturated rings. The Labute approximate surface area is 187 Å². The van der Waals surface area contributed by atoms with E-state index >= 15 is 0 Å². The van der Waals surface area contributed by atoms with Gasteiger partial charge in [0.05, 0.1) is 12.0 Å². The number of nitrogens with one attached hydrogen (secondary N) is 1. The van der Waals surface area contributed by atoms with E-state index in [-0.39, 0.29) is 42.0 Å². The highest BCUT2D eigenvalue weighted by Crippen LogP contribution is 2.50. The number of hydrogen-bond donors (Lipinski definition) is 2. The van der Waals surface area contributed by atoms with E-state index in [2.05, 4.69) is 15.2 Å². The van der Waals surface area contributed by atoms with Gasteiger partial charge in [-0.25, -0.2) is 0 Å². The average Bonchev–Trinajstić information content (AvgIpc) is 3.73. The Morgan fingerprint density at radius 2 is 1.84 bits per heavy atom. The van der Waals surface area contributed by atoms with E-state index in [0.717, 1.165) is 24.3 Å². The molecule has 2 aliphatic heterocycles. The summed E-state index contributed by atoms with van der Waals surface area (Å²) in [5.41, 5.74) is 2.39. The monoisotopic (exact) mass is 434 g/mol. The second kappa shape index (κ2) is 7.81. The van der Waals surface area contributed by atoms with Gasteiger partial charge in [0.2, 0.25) is 5.91 Å². The first kappa shape index (κ1) is 20.1. The molecule has 1 amide bonds. The van der Waals surface area contributed by atoms with Crippen molar-refractivity contribution in [3.05, 3.63) is 52.7 Å². The standard InChI is InChI=1S/C25H30N4O3/c30-14-19-21-13-29-20(6-5-18(25(29)32)17-7-9-26-10-8-17)23(28(21)12-16-3-4-16)22(19)24(31)27-11-15-1-2-15/h5-10,15-16,19,21-23,30H,1-4,11-14H2,(H,27,31)/t19-,21-,22+,23+/m0/s1. The maximum absolute atomic E-state index is 13.5. The van der Waals surface area contributed by atoms with Crippen molar-refractivity contribution in [2.75, 3.05) is 19.7 Å². The number of carbonyl (C=O) groups is 1. The Morgan fingerprint density at radius 1 is 1.09 bits per heavy atom. The molecule has 2 bridgehead atoms. The summed E-state index contributed by atoms with van der Waals surface area (Å²) in [6, 6.07) is 7.46. The summed E-state index contributed by atoms with van der Waals surface area (Å²) in [5.74, 6) is 0.807. The van der Waals surface area contributed by atoms with Crippen LogP contribution in [0.5, 0.6) is 0 Å². The molecule has 168 valence electrons. The second-order valence-corrected chi connectivity index (χ2v) is 10.0. The maximum atomic E-state index is 13.5. The van der Waals surface area contributed by atoms with Gasteiger partial charge in [-0.2, -0.15) is 0 Å². The zero-order valence-electron chi connectivity index (χ0n) is 18.2. The van der Waals surface area contributed by atoms with E-state index in [0.29, 0.717) is 23.9 Å². The van der Waals surface area contributed by atoms with Crippen LogP contribution >= 0.6 is 0 Å². The average molecular weight is 435 g/mol. The van der Waals surface area contributed by atoms with Crippen LogP contribution in [0.25, 0.3) is 11.1 Å². The summed E-state index contributed by atoms with van der Waals surface area (Å²) >= 11 is 0. The van der Waals surface area contributed by atoms with Crippen molar-refractivity contribution in [2.45, 2.75) is 44.3 Å². The van der Waals surface area contributed by atoms with Crippen molar-refractivity contribution in [3.63, 3.8) is 0 Å². The molecule has 2 aromatic heterocycles. The Morgan fingerprint density at radius 3 is 2.53 bits per heavy atom. The zero-order chi connectivity index (χ0) is 21.8. The van der Waals surface area contributed by atoms with Crippen molar-refractivity contribution >= 4 is 5.91 Å². The van der Waals surface area contributed by atoms with E-state index in [4.69, 9.17) is 0 Å². The number of pyridine rings is 2. The highest BCUT2D eigenvalue weighted by molar-refractivity contribution is 5.81. The lowest BCUT2D eigenvalue weighted by molar-refractivity contribution is -0.127. The van der Waals surface area contributed by atoms with Crippen LogP contribution in [0.3, 0.4) is 0 Å². The van der Waals surface area contributed by atoms with Gasteiger partial charge in [-0.05, 0) is 67.3 Å². The van der Waals surface area contributed by atoms with Crippen LogP contribution in [-0.4, -0.2) is 51.2 Å². The van der Waals surface area contributed by atoms with E-state index < -0.39 is 0 Å². The van der Waals surface area contributed by atoms with Crippen LogP contribution in [0.4, 0.5) is 0 Å². The third-order valence-electron chi connectivity index (χ3n) is 7.89. The van der Waals surface area contributed by atoms with E-state index in [1.54, 1.807) is 12.4 Å². The normalized spacial score (nSPS) is 29.0. The van der Waals surface area contributed by atoms with Gasteiger partial charge < -0.3 is 15.0 Å². The van der Waals surface area contributed by atoms with Gasteiger partial charge in [0.25, 0.3) is 5.56 Å². The number of nitrogens with zero attached hydrogens (tertiary/aromatic N) is 3. The van der Waals surface area contributed by atoms with Gasteiger partial charge in [0, 0.05) is 61.9 Å². The summed E-state index contributed by atoms with van der Waals surface area (Å²) in [4.78, 5) is 33.4. The minimum absolute atomic E-state index is 0.000153. The minimum Gasteiger partial charge on any atom is -0.396 e. The Kier molecular flexibility index (Phi) is 4.91. The number of aromatic nitrogens is 2. The molecule has 2 saturated carbocycles. The number of aliphatic hydroxyl groups is 1. The fourth-order valence-electron chi connectivity index (χ4n) is 5.81. The van der Waals surface area contributed by atoms with Crippen LogP contribution in [0, 0.1) is 23.7 Å². The molecule has 2 aliphatic carbocycles. The SMILES string of the molecule is O=C(NCC1CC1)[C@@H]1[C@@H](CO)[C@@H]2Cn3c(ccc(-c4ccncc4)c3=O)[C@H]1N2CC1CC1. The number of rotatable bonds is 7. The van der Waals surface area contributed by atoms with Gasteiger partial charge >= 0.3 is 0 Å². The summed E-state index contributed by atoms with van der Waals surface area (Å²) in [6.07, 6.45) is 8.22. The van der Waals surface area contributed by atoms with Crippen LogP contribution in [0.2, 0.25) is 0 Å². The lowest BCUT2D eigenvalue weighted by Crippen LogP contribution is -2.47. The van der Waals surface area contributed by atoms with Crippen molar-refractivity contribution in [1.29, 1.82) is 0 Å². The number of fused-ring (bicyclic) bond motifs is 4. The Hall–Kier alpha value is -2.51. The molecule has 0 radical (unpaired) electrons. The topological polar surface area (TPSA) is 87.5 Å². The molecule has 32 heavy (non-hydrogen) atoms. The first-order chi connectivity index (χ1) is 15.7. The van der Waals surface area contributed by atoms with Crippen LogP contribution in [0.15, 0.2) is 41.5 Å². The Bertz CT molecular complexity index is 1080. The summed E-state index contributed by atoms with van der Waals surface area (Å²) in [5, 5.41) is 13.5. The predicted octanol–water partition coefficient (Wildman–Crippen LogP) is 1.81. The maximum Gasteiger partial charge on any atom is 0.258 e. The second-order valence-electron chi connectivity index (χ2n) is 10.0. The van der Waals surface area contributed by atoms with Crippen LogP contribution in [-0.2, 0) is 11.3 Å². The molecule has 7 nitrogen and oxygen atoms in total. The highest BCUT2D eigenvalue weighted by atomic mass is 16.3. The number of aliphatic hydroxyl groups excluding tert-OH is 1. The molecule has 0 aromatic carbocycles. The third kappa shape index (κ3) is 3.39. The molecule has 2 aromatic rings. The molecule has 0 spiro atoms. The summed E-state index contributed by atoms with van der Waals surface area (Å²) in [7, 11) is 0. The molecule has 2 N–H and O–H groups in total. The molecule has 7 heteroatoms. The summed E-state index contributed by atoms with van der Waals surface area (Å²) < 4.78 is 1.87. The smallest absolute Gasteiger partial charge is 0.258 e. The van der Waals surface area contributed by atoms with Crippen LogP contribution < -0.4 is 10.9 Å². The quantitative estimate of drug-likeness (QED) is 0.694. The first-order valence-corrected chi connectivity index (χ1v) is 11.9. The molecule has 1 saturated heterocycles. The molecule has 4 heterocycles. The lowest BCUT2D eigenvalue weighted by atomic mass is 9.86. The van der Waals surface area contributed by atoms with Crippen molar-refractivity contribution in [2.24, 2.45) is 23.7 Å². The van der Waals surface area contributed by atoms with E-state index in [1.807, 2.05) is 28.8 Å². The van der Waals surface area contributed by atoms with E-state index in [9.17, 15) is 14.7 Å². The van der Waals surface area contributed by atoms with Gasteiger partial charge in [-0.1, -0.05) is 0 Å². The number of carbonyl (C=O) groups excluding carboxylic acids is 1. The summed E-state index contributed by atoms with van der Waals surface area (Å²) in [6.45, 7) is 2.15. The van der Waals surface area contributed by atoms with Crippen LogP contribution in [0.1, 0.15) is 37.4 Å². The van der Waals surface area contributed by atoms with Gasteiger partial charge in [-0.15, -0.1) is 0 Å². The lowest BCUT2D eigenvalue weighted by Gasteiger charge is -2.38. The number of amides is 1. The fourth-order valence-corrected chi connectivity index (χ4v) is 5.81. The predicted molar refractivity (Wildman–Crippen MR) is 120 cm³/mol. The zero-order valence-corrected chi connectivity index (χ0v) is 18.2. The molecular weight excluding hydrogens is 404 g/mol. The van der Waals surface area contributed by atoms with Crippen molar-refractivity contribution < 1.29 is 9.90 Å². The van der Waals surface area contributed by atoms with Gasteiger partial charge in [0.1, 0.15) is 0 Å². The van der Waals surface area contributed by atoms with E-state index in [1.165, 1.54) is 25.7 Å². The first-order valence-electron chi connectivity index (χ1n) is 11.9.